The lowest BCUT2D eigenvalue weighted by Crippen LogP contribution is -2.12. The molecule has 0 saturated heterocycles. The molecule has 0 saturated carbocycles. The largest absolute Gasteiger partial charge is 0.380 e. The van der Waals surface area contributed by atoms with Crippen molar-refractivity contribution in [2.45, 2.75) is 12.2 Å². The van der Waals surface area contributed by atoms with Crippen LogP contribution < -0.4 is 0 Å². The second-order valence-electron chi connectivity index (χ2n) is 1.57. The molecule has 0 N–H and O–H groups in total. The third-order valence-corrected chi connectivity index (χ3v) is 1.79. The van der Waals surface area contributed by atoms with E-state index in [4.69, 9.17) is 4.74 Å². The van der Waals surface area contributed by atoms with Gasteiger partial charge in [-0.25, -0.2) is 0 Å². The Morgan fingerprint density at radius 3 is 2.78 bits per heavy atom. The van der Waals surface area contributed by atoms with Crippen LogP contribution in [0.5, 0.6) is 0 Å². The van der Waals surface area contributed by atoms with Crippen molar-refractivity contribution in [3.8, 4) is 0 Å². The Kier molecular flexibility index (Phi) is 6.09. The van der Waals surface area contributed by atoms with Gasteiger partial charge >= 0.3 is 0 Å². The Hall–Kier alpha value is -0.0200. The Morgan fingerprint density at radius 2 is 2.44 bits per heavy atom. The van der Waals surface area contributed by atoms with Gasteiger partial charge in [-0.15, -0.1) is 0 Å². The third-order valence-electron chi connectivity index (χ3n) is 0.941. The minimum absolute atomic E-state index is 0.0185. The van der Waals surface area contributed by atoms with Crippen LogP contribution in [0.3, 0.4) is 0 Å². The van der Waals surface area contributed by atoms with E-state index in [1.165, 1.54) is 11.8 Å². The average Bonchev–Trinajstić information content (AvgIpc) is 1.91. The number of carbonyl (C=O) groups excluding carboxylic acids is 1. The van der Waals surface area contributed by atoms with Crippen molar-refractivity contribution in [2.24, 2.45) is 0 Å². The van der Waals surface area contributed by atoms with E-state index in [1.807, 2.05) is 13.2 Å². The lowest BCUT2D eigenvalue weighted by Gasteiger charge is -2.04. The highest BCUT2D eigenvalue weighted by Crippen LogP contribution is 2.02. The Balaban J connectivity index is 3.20. The molecule has 0 bridgehead atoms. The van der Waals surface area contributed by atoms with E-state index >= 15 is 0 Å². The lowest BCUT2D eigenvalue weighted by molar-refractivity contribution is -0.108. The van der Waals surface area contributed by atoms with E-state index in [0.29, 0.717) is 13.2 Å². The van der Waals surface area contributed by atoms with Crippen LogP contribution in [0.15, 0.2) is 0 Å². The van der Waals surface area contributed by atoms with Gasteiger partial charge < -0.3 is 9.53 Å². The molecule has 2 nitrogen and oxygen atoms in total. The van der Waals surface area contributed by atoms with Crippen molar-refractivity contribution in [1.82, 2.24) is 0 Å². The molecular formula is C6H12O2S. The van der Waals surface area contributed by atoms with Gasteiger partial charge in [0.2, 0.25) is 0 Å². The van der Waals surface area contributed by atoms with Crippen LogP contribution in [0, 0.1) is 0 Å². The van der Waals surface area contributed by atoms with Crippen molar-refractivity contribution < 1.29 is 9.53 Å². The quantitative estimate of drug-likeness (QED) is 0.543. The van der Waals surface area contributed by atoms with Crippen LogP contribution in [0.4, 0.5) is 0 Å². The van der Waals surface area contributed by atoms with Gasteiger partial charge in [0.15, 0.2) is 0 Å². The number of ether oxygens (including phenoxy) is 1. The van der Waals surface area contributed by atoms with E-state index < -0.39 is 0 Å². The highest BCUT2D eigenvalue weighted by atomic mass is 32.2. The number of rotatable bonds is 5. The predicted molar refractivity (Wildman–Crippen MR) is 39.9 cm³/mol. The number of aldehydes is 1. The first-order chi connectivity index (χ1) is 4.35. The third kappa shape index (κ3) is 4.48. The molecule has 0 spiro atoms. The van der Waals surface area contributed by atoms with Gasteiger partial charge in [-0.3, -0.25) is 0 Å². The molecule has 0 aromatic rings. The van der Waals surface area contributed by atoms with Gasteiger partial charge in [0.1, 0.15) is 6.29 Å². The fourth-order valence-electron chi connectivity index (χ4n) is 0.397. The molecule has 54 valence electrons. The number of hydrogen-bond acceptors (Lipinski definition) is 3. The first kappa shape index (κ1) is 8.98. The van der Waals surface area contributed by atoms with Crippen molar-refractivity contribution in [1.29, 1.82) is 0 Å². The molecule has 0 heterocycles. The molecule has 0 rings (SSSR count). The Bertz CT molecular complexity index is 75.5. The van der Waals surface area contributed by atoms with E-state index in [9.17, 15) is 4.79 Å². The fraction of sp³-hybridized carbons (Fsp3) is 0.833. The highest BCUT2D eigenvalue weighted by molar-refractivity contribution is 7.99. The zero-order valence-electron chi connectivity index (χ0n) is 5.79. The normalized spacial score (nSPS) is 13.1. The standard InChI is InChI=1S/C6H12O2S/c1-3-8-5-6(4-7)9-2/h4,6H,3,5H2,1-2H3. The first-order valence-electron chi connectivity index (χ1n) is 2.91. The van der Waals surface area contributed by atoms with Gasteiger partial charge in [0.25, 0.3) is 0 Å². The highest BCUT2D eigenvalue weighted by Gasteiger charge is 2.02. The van der Waals surface area contributed by atoms with E-state index in [1.54, 1.807) is 0 Å². The zero-order chi connectivity index (χ0) is 7.11. The predicted octanol–water partition coefficient (Wildman–Crippen LogP) is 0.953. The molecule has 0 aliphatic heterocycles. The van der Waals surface area contributed by atoms with E-state index in [0.717, 1.165) is 6.29 Å². The number of hydrogen-bond donors (Lipinski definition) is 0. The molecule has 1 atom stereocenters. The van der Waals surface area contributed by atoms with Crippen LogP contribution in [0.2, 0.25) is 0 Å². The van der Waals surface area contributed by atoms with Crippen LogP contribution in [-0.4, -0.2) is 31.0 Å². The van der Waals surface area contributed by atoms with Crippen molar-refractivity contribution in [3.63, 3.8) is 0 Å². The lowest BCUT2D eigenvalue weighted by atomic mass is 10.5. The smallest absolute Gasteiger partial charge is 0.135 e. The molecule has 0 radical (unpaired) electrons. The summed E-state index contributed by atoms with van der Waals surface area (Å²) in [7, 11) is 0. The van der Waals surface area contributed by atoms with Gasteiger partial charge in [0, 0.05) is 6.61 Å². The maximum atomic E-state index is 10.1. The Labute approximate surface area is 60.0 Å². The second kappa shape index (κ2) is 6.11. The SMILES string of the molecule is CCOCC(C=O)SC. The van der Waals surface area contributed by atoms with Crippen LogP contribution in [0.25, 0.3) is 0 Å². The monoisotopic (exact) mass is 148 g/mol. The maximum absolute atomic E-state index is 10.1. The number of carbonyl (C=O) groups is 1. The molecule has 3 heteroatoms. The average molecular weight is 148 g/mol. The molecule has 0 aromatic heterocycles. The summed E-state index contributed by atoms with van der Waals surface area (Å²) in [5, 5.41) is 0.0185. The van der Waals surface area contributed by atoms with Crippen LogP contribution >= 0.6 is 11.8 Å². The summed E-state index contributed by atoms with van der Waals surface area (Å²) < 4.78 is 5.03. The molecule has 0 amide bonds. The van der Waals surface area contributed by atoms with Crippen molar-refractivity contribution in [3.05, 3.63) is 0 Å². The minimum Gasteiger partial charge on any atom is -0.380 e. The zero-order valence-corrected chi connectivity index (χ0v) is 6.61. The summed E-state index contributed by atoms with van der Waals surface area (Å²) >= 11 is 1.52. The topological polar surface area (TPSA) is 26.3 Å². The van der Waals surface area contributed by atoms with Gasteiger partial charge in [0.05, 0.1) is 11.9 Å². The summed E-state index contributed by atoms with van der Waals surface area (Å²) in [5.74, 6) is 0. The summed E-state index contributed by atoms with van der Waals surface area (Å²) in [6.45, 7) is 3.15. The van der Waals surface area contributed by atoms with Crippen molar-refractivity contribution in [2.75, 3.05) is 19.5 Å². The first-order valence-corrected chi connectivity index (χ1v) is 4.19. The molecule has 1 unspecified atom stereocenters. The maximum Gasteiger partial charge on any atom is 0.135 e. The molecular weight excluding hydrogens is 136 g/mol. The van der Waals surface area contributed by atoms with Gasteiger partial charge in [-0.05, 0) is 13.2 Å². The summed E-state index contributed by atoms with van der Waals surface area (Å²) in [4.78, 5) is 10.1. The van der Waals surface area contributed by atoms with Gasteiger partial charge in [-0.1, -0.05) is 0 Å². The van der Waals surface area contributed by atoms with E-state index in [-0.39, 0.29) is 5.25 Å². The number of thioether (sulfide) groups is 1. The van der Waals surface area contributed by atoms with Crippen LogP contribution in [-0.2, 0) is 9.53 Å². The molecule has 0 fully saturated rings. The van der Waals surface area contributed by atoms with Gasteiger partial charge in [-0.2, -0.15) is 11.8 Å². The van der Waals surface area contributed by atoms with E-state index in [2.05, 4.69) is 0 Å². The molecule has 0 aliphatic carbocycles. The van der Waals surface area contributed by atoms with Crippen molar-refractivity contribution >= 4 is 18.0 Å². The summed E-state index contributed by atoms with van der Waals surface area (Å²) in [6, 6.07) is 0. The summed E-state index contributed by atoms with van der Waals surface area (Å²) in [6.07, 6.45) is 2.82. The molecule has 0 aromatic carbocycles. The minimum atomic E-state index is 0.0185. The van der Waals surface area contributed by atoms with Crippen LogP contribution in [0.1, 0.15) is 6.92 Å². The summed E-state index contributed by atoms with van der Waals surface area (Å²) in [5.41, 5.74) is 0. The fourth-order valence-corrected chi connectivity index (χ4v) is 0.740. The second-order valence-corrected chi connectivity index (χ2v) is 2.65. The molecule has 9 heavy (non-hydrogen) atoms. The Morgan fingerprint density at radius 1 is 1.78 bits per heavy atom. The molecule has 0 aliphatic rings.